The second-order valence-corrected chi connectivity index (χ2v) is 4.44. The first-order valence-corrected chi connectivity index (χ1v) is 5.66. The molecule has 1 aromatic carbocycles. The molecule has 1 heterocycles. The molecule has 84 valence electrons. The number of hydrogen-bond donors (Lipinski definition) is 0. The third-order valence-electron chi connectivity index (χ3n) is 3.37. The second-order valence-electron chi connectivity index (χ2n) is 4.44. The summed E-state index contributed by atoms with van der Waals surface area (Å²) in [6.45, 7) is 2.23. The molecule has 0 amide bonds. The summed E-state index contributed by atoms with van der Waals surface area (Å²) in [4.78, 5) is 11.6. The molecule has 1 saturated heterocycles. The van der Waals surface area contributed by atoms with Crippen LogP contribution in [0.2, 0.25) is 0 Å². The minimum atomic E-state index is -0.347. The third-order valence-corrected chi connectivity index (χ3v) is 3.37. The van der Waals surface area contributed by atoms with Crippen molar-refractivity contribution in [1.82, 2.24) is 0 Å². The number of fused-ring (bicyclic) bond motifs is 1. The molecule has 0 bridgehead atoms. The van der Waals surface area contributed by atoms with Crippen LogP contribution < -0.4 is 0 Å². The molecule has 3 rings (SSSR count). The van der Waals surface area contributed by atoms with E-state index >= 15 is 0 Å². The number of hydrogen-bond acceptors (Lipinski definition) is 3. The average Bonchev–Trinajstić information content (AvgIpc) is 2.83. The van der Waals surface area contributed by atoms with Gasteiger partial charge in [-0.15, -0.1) is 0 Å². The van der Waals surface area contributed by atoms with Gasteiger partial charge in [0.15, 0.2) is 6.10 Å². The number of epoxide rings is 1. The molecule has 2 aliphatic rings. The molecule has 3 heteroatoms. The van der Waals surface area contributed by atoms with Crippen LogP contribution in [-0.2, 0) is 27.1 Å². The highest BCUT2D eigenvalue weighted by Crippen LogP contribution is 2.48. The highest BCUT2D eigenvalue weighted by molar-refractivity contribution is 5.80. The first-order chi connectivity index (χ1) is 7.75. The van der Waals surface area contributed by atoms with Gasteiger partial charge in [-0.3, -0.25) is 0 Å². The topological polar surface area (TPSA) is 38.8 Å². The fraction of sp³-hybridized carbons (Fsp3) is 0.462. The van der Waals surface area contributed by atoms with Crippen LogP contribution in [0, 0.1) is 0 Å². The summed E-state index contributed by atoms with van der Waals surface area (Å²) in [6.07, 6.45) is 1.33. The Bertz CT molecular complexity index is 414. The lowest BCUT2D eigenvalue weighted by atomic mass is 10.0. The van der Waals surface area contributed by atoms with E-state index in [4.69, 9.17) is 9.47 Å². The van der Waals surface area contributed by atoms with Crippen molar-refractivity contribution >= 4 is 5.97 Å². The van der Waals surface area contributed by atoms with Gasteiger partial charge in [0, 0.05) is 12.8 Å². The van der Waals surface area contributed by atoms with Gasteiger partial charge in [0.25, 0.3) is 0 Å². The Labute approximate surface area is 94.4 Å². The molecule has 1 atom stereocenters. The minimum absolute atomic E-state index is 0.213. The smallest absolute Gasteiger partial charge is 0.338 e. The number of benzene rings is 1. The van der Waals surface area contributed by atoms with Crippen molar-refractivity contribution in [2.45, 2.75) is 31.5 Å². The maximum atomic E-state index is 11.6. The van der Waals surface area contributed by atoms with Crippen molar-refractivity contribution < 1.29 is 14.3 Å². The van der Waals surface area contributed by atoms with Gasteiger partial charge < -0.3 is 9.47 Å². The van der Waals surface area contributed by atoms with Crippen LogP contribution >= 0.6 is 0 Å². The molecule has 0 radical (unpaired) electrons. The Morgan fingerprint density at radius 3 is 2.62 bits per heavy atom. The molecule has 1 aliphatic heterocycles. The van der Waals surface area contributed by atoms with Crippen LogP contribution in [0.3, 0.4) is 0 Å². The van der Waals surface area contributed by atoms with Crippen LogP contribution in [0.5, 0.6) is 0 Å². The SMILES string of the molecule is CCOC(=O)C1OC12Cc1ccccc1C2. The van der Waals surface area contributed by atoms with Crippen LogP contribution in [0.1, 0.15) is 18.1 Å². The van der Waals surface area contributed by atoms with E-state index < -0.39 is 0 Å². The molecule has 1 aliphatic carbocycles. The Balaban J connectivity index is 1.76. The van der Waals surface area contributed by atoms with E-state index in [-0.39, 0.29) is 17.7 Å². The first-order valence-electron chi connectivity index (χ1n) is 5.66. The van der Waals surface area contributed by atoms with E-state index in [0.717, 1.165) is 12.8 Å². The van der Waals surface area contributed by atoms with Crippen molar-refractivity contribution in [3.05, 3.63) is 35.4 Å². The Kier molecular flexibility index (Phi) is 2.04. The van der Waals surface area contributed by atoms with E-state index in [1.165, 1.54) is 11.1 Å². The van der Waals surface area contributed by atoms with Crippen LogP contribution in [0.4, 0.5) is 0 Å². The first kappa shape index (κ1) is 9.85. The Morgan fingerprint density at radius 2 is 2.06 bits per heavy atom. The molecule has 16 heavy (non-hydrogen) atoms. The van der Waals surface area contributed by atoms with Crippen molar-refractivity contribution in [2.75, 3.05) is 6.61 Å². The molecular formula is C13H14O3. The summed E-state index contributed by atoms with van der Waals surface area (Å²) >= 11 is 0. The lowest BCUT2D eigenvalue weighted by molar-refractivity contribution is -0.144. The fourth-order valence-corrected chi connectivity index (χ4v) is 2.56. The van der Waals surface area contributed by atoms with Crippen molar-refractivity contribution in [2.24, 2.45) is 0 Å². The van der Waals surface area contributed by atoms with Crippen molar-refractivity contribution in [3.63, 3.8) is 0 Å². The molecule has 0 N–H and O–H groups in total. The number of ether oxygens (including phenoxy) is 2. The highest BCUT2D eigenvalue weighted by atomic mass is 16.7. The molecule has 0 aromatic heterocycles. The lowest BCUT2D eigenvalue weighted by Crippen LogP contribution is -2.23. The summed E-state index contributed by atoms with van der Waals surface area (Å²) in [6, 6.07) is 8.27. The number of esters is 1. The molecule has 3 nitrogen and oxygen atoms in total. The van der Waals surface area contributed by atoms with Gasteiger partial charge >= 0.3 is 5.97 Å². The number of carbonyl (C=O) groups is 1. The molecule has 1 spiro atoms. The molecule has 1 unspecified atom stereocenters. The number of carbonyl (C=O) groups excluding carboxylic acids is 1. The quantitative estimate of drug-likeness (QED) is 0.557. The van der Waals surface area contributed by atoms with Crippen LogP contribution in [0.25, 0.3) is 0 Å². The van der Waals surface area contributed by atoms with E-state index in [1.54, 1.807) is 0 Å². The Morgan fingerprint density at radius 1 is 1.44 bits per heavy atom. The zero-order valence-corrected chi connectivity index (χ0v) is 9.23. The van der Waals surface area contributed by atoms with Crippen molar-refractivity contribution in [1.29, 1.82) is 0 Å². The van der Waals surface area contributed by atoms with E-state index in [1.807, 2.05) is 19.1 Å². The summed E-state index contributed by atoms with van der Waals surface area (Å²) < 4.78 is 10.6. The van der Waals surface area contributed by atoms with Gasteiger partial charge in [0.1, 0.15) is 5.60 Å². The van der Waals surface area contributed by atoms with E-state index in [2.05, 4.69) is 12.1 Å². The standard InChI is InChI=1S/C13H14O3/c1-2-15-12(14)11-13(16-11)7-9-5-3-4-6-10(9)8-13/h3-6,11H,2,7-8H2,1H3. The monoisotopic (exact) mass is 218 g/mol. The van der Waals surface area contributed by atoms with Gasteiger partial charge in [-0.25, -0.2) is 4.79 Å². The second kappa shape index (κ2) is 3.32. The Hall–Kier alpha value is -1.35. The van der Waals surface area contributed by atoms with Gasteiger partial charge in [-0.1, -0.05) is 24.3 Å². The predicted octanol–water partition coefficient (Wildman–Crippen LogP) is 1.49. The highest BCUT2D eigenvalue weighted by Gasteiger charge is 2.63. The van der Waals surface area contributed by atoms with Gasteiger partial charge in [-0.05, 0) is 18.1 Å². The average molecular weight is 218 g/mol. The predicted molar refractivity (Wildman–Crippen MR) is 58.1 cm³/mol. The summed E-state index contributed by atoms with van der Waals surface area (Å²) in [5.41, 5.74) is 2.32. The summed E-state index contributed by atoms with van der Waals surface area (Å²) in [5.74, 6) is -0.213. The van der Waals surface area contributed by atoms with Gasteiger partial charge in [-0.2, -0.15) is 0 Å². The zero-order chi connectivity index (χ0) is 11.2. The maximum Gasteiger partial charge on any atom is 0.338 e. The summed E-state index contributed by atoms with van der Waals surface area (Å²) in [5, 5.41) is 0. The molecule has 1 aromatic rings. The van der Waals surface area contributed by atoms with Gasteiger partial charge in [0.2, 0.25) is 0 Å². The molecular weight excluding hydrogens is 204 g/mol. The lowest BCUT2D eigenvalue weighted by Gasteiger charge is -2.01. The van der Waals surface area contributed by atoms with Crippen molar-refractivity contribution in [3.8, 4) is 0 Å². The molecule has 0 saturated carbocycles. The molecule has 1 fully saturated rings. The largest absolute Gasteiger partial charge is 0.464 e. The zero-order valence-electron chi connectivity index (χ0n) is 9.23. The van der Waals surface area contributed by atoms with E-state index in [9.17, 15) is 4.79 Å². The van der Waals surface area contributed by atoms with E-state index in [0.29, 0.717) is 6.61 Å². The summed E-state index contributed by atoms with van der Waals surface area (Å²) in [7, 11) is 0. The maximum absolute atomic E-state index is 11.6. The van der Waals surface area contributed by atoms with Crippen LogP contribution in [0.15, 0.2) is 24.3 Å². The number of rotatable bonds is 2. The van der Waals surface area contributed by atoms with Gasteiger partial charge in [0.05, 0.1) is 6.61 Å². The van der Waals surface area contributed by atoms with Crippen LogP contribution in [-0.4, -0.2) is 24.3 Å². The fourth-order valence-electron chi connectivity index (χ4n) is 2.56. The normalized spacial score (nSPS) is 24.2. The third kappa shape index (κ3) is 1.35. The minimum Gasteiger partial charge on any atom is -0.464 e.